The molecule has 19 heavy (non-hydrogen) atoms. The van der Waals surface area contributed by atoms with E-state index in [9.17, 15) is 0 Å². The first kappa shape index (κ1) is 19.4. The molecule has 0 aromatic carbocycles. The maximum atomic E-state index is 5.88. The summed E-state index contributed by atoms with van der Waals surface area (Å²) >= 11 is 0. The van der Waals surface area contributed by atoms with Gasteiger partial charge in [-0.1, -0.05) is 66.2 Å². The molecule has 0 aliphatic rings. The summed E-state index contributed by atoms with van der Waals surface area (Å²) in [5, 5.41) is 0. The smallest absolute Gasteiger partial charge is 0.155 e. The second-order valence-electron chi connectivity index (χ2n) is 5.37. The number of unbranched alkanes of at least 4 members (excludes halogenated alkanes) is 4. The summed E-state index contributed by atoms with van der Waals surface area (Å²) in [7, 11) is 0.230. The normalized spacial score (nSPS) is 15.2. The third-order valence-corrected chi connectivity index (χ3v) is 4.46. The summed E-state index contributed by atoms with van der Waals surface area (Å²) in [6, 6.07) is 0. The van der Waals surface area contributed by atoms with Crippen molar-refractivity contribution in [2.24, 2.45) is 0 Å². The predicted octanol–water partition coefficient (Wildman–Crippen LogP) is 6.25. The molecule has 0 spiro atoms. The first-order chi connectivity index (χ1) is 9.28. The fourth-order valence-electron chi connectivity index (χ4n) is 2.10. The number of hydrogen-bond donors (Lipinski definition) is 0. The fourth-order valence-corrected chi connectivity index (χ4v) is 3.00. The van der Waals surface area contributed by atoms with Crippen LogP contribution in [0.25, 0.3) is 0 Å². The molecule has 2 nitrogen and oxygen atoms in total. The van der Waals surface area contributed by atoms with E-state index in [1.54, 1.807) is 0 Å². The monoisotopic (exact) mass is 290 g/mol. The van der Waals surface area contributed by atoms with Gasteiger partial charge in [0.25, 0.3) is 0 Å². The molecule has 0 radical (unpaired) electrons. The highest BCUT2D eigenvalue weighted by Crippen LogP contribution is 2.26. The number of rotatable bonds is 14. The second kappa shape index (κ2) is 14.8. The van der Waals surface area contributed by atoms with Crippen LogP contribution in [-0.2, 0) is 9.05 Å². The quantitative estimate of drug-likeness (QED) is 0.278. The van der Waals surface area contributed by atoms with Crippen LogP contribution in [0.5, 0.6) is 0 Å². The van der Waals surface area contributed by atoms with Gasteiger partial charge in [0.2, 0.25) is 0 Å². The Kier molecular flexibility index (Phi) is 15.0. The summed E-state index contributed by atoms with van der Waals surface area (Å²) in [5.41, 5.74) is 0. The highest BCUT2D eigenvalue weighted by Gasteiger charge is 2.10. The van der Waals surface area contributed by atoms with Crippen molar-refractivity contribution in [2.75, 3.05) is 0 Å². The van der Waals surface area contributed by atoms with Crippen molar-refractivity contribution in [3.05, 3.63) is 0 Å². The molecule has 2 atom stereocenters. The van der Waals surface area contributed by atoms with Crippen LogP contribution in [0.4, 0.5) is 0 Å². The van der Waals surface area contributed by atoms with Crippen molar-refractivity contribution in [1.82, 2.24) is 0 Å². The molecule has 0 heterocycles. The Bertz CT molecular complexity index is 158. The Hall–Kier alpha value is 0.350. The first-order valence-corrected chi connectivity index (χ1v) is 9.16. The summed E-state index contributed by atoms with van der Waals surface area (Å²) in [6.45, 7) is 8.91. The van der Waals surface area contributed by atoms with E-state index in [1.807, 2.05) is 0 Å². The average molecular weight is 290 g/mol. The van der Waals surface area contributed by atoms with Gasteiger partial charge in [0.1, 0.15) is 0 Å². The molecule has 116 valence electrons. The Morgan fingerprint density at radius 1 is 0.684 bits per heavy atom. The van der Waals surface area contributed by atoms with Crippen molar-refractivity contribution in [1.29, 1.82) is 0 Å². The van der Waals surface area contributed by atoms with Gasteiger partial charge in [0, 0.05) is 0 Å². The molecule has 3 heteroatoms. The van der Waals surface area contributed by atoms with Gasteiger partial charge in [-0.2, -0.15) is 0 Å². The molecule has 0 aromatic heterocycles. The van der Waals surface area contributed by atoms with E-state index in [0.29, 0.717) is 12.2 Å². The largest absolute Gasteiger partial charge is 0.333 e. The van der Waals surface area contributed by atoms with Gasteiger partial charge in [-0.25, -0.2) is 0 Å². The lowest BCUT2D eigenvalue weighted by molar-refractivity contribution is 0.138. The zero-order chi connectivity index (χ0) is 14.3. The van der Waals surface area contributed by atoms with Crippen LogP contribution in [0.15, 0.2) is 0 Å². The molecular weight excluding hydrogens is 255 g/mol. The lowest BCUT2D eigenvalue weighted by atomic mass is 10.1. The third-order valence-electron chi connectivity index (χ3n) is 3.60. The summed E-state index contributed by atoms with van der Waals surface area (Å²) in [6.07, 6.45) is 13.2. The van der Waals surface area contributed by atoms with Crippen molar-refractivity contribution >= 4 is 9.03 Å². The van der Waals surface area contributed by atoms with E-state index in [4.69, 9.17) is 9.05 Å². The van der Waals surface area contributed by atoms with Crippen LogP contribution >= 0.6 is 9.03 Å². The van der Waals surface area contributed by atoms with E-state index in [0.717, 1.165) is 12.8 Å². The molecule has 0 amide bonds. The minimum atomic E-state index is 0.230. The molecule has 0 aliphatic carbocycles. The maximum Gasteiger partial charge on any atom is 0.155 e. The van der Waals surface area contributed by atoms with Crippen molar-refractivity contribution in [2.45, 2.75) is 104 Å². The minimum absolute atomic E-state index is 0.230. The van der Waals surface area contributed by atoms with Gasteiger partial charge >= 0.3 is 0 Å². The number of hydrogen-bond acceptors (Lipinski definition) is 2. The standard InChI is InChI=1S/C16H35O2P/c1-5-9-11-13-15(7-3)17-19-18-16(8-4)14-12-10-6-2/h15-16,19H,5-14H2,1-4H3. The SMILES string of the molecule is CCCCCC(CC)OPOC(CC)CCCCC. The zero-order valence-corrected chi connectivity index (χ0v) is 14.5. The fraction of sp³-hybridized carbons (Fsp3) is 1.00. The lowest BCUT2D eigenvalue weighted by Gasteiger charge is -2.19. The molecule has 0 bridgehead atoms. The molecular formula is C16H35O2P. The molecule has 0 saturated carbocycles. The van der Waals surface area contributed by atoms with Gasteiger partial charge < -0.3 is 9.05 Å². The van der Waals surface area contributed by atoms with Gasteiger partial charge in [-0.05, 0) is 25.7 Å². The Labute approximate surface area is 123 Å². The highest BCUT2D eigenvalue weighted by atomic mass is 31.1. The van der Waals surface area contributed by atoms with Crippen molar-refractivity contribution < 1.29 is 9.05 Å². The molecule has 0 aliphatic heterocycles. The Balaban J connectivity index is 3.64. The summed E-state index contributed by atoms with van der Waals surface area (Å²) in [4.78, 5) is 0. The van der Waals surface area contributed by atoms with Crippen LogP contribution in [-0.4, -0.2) is 12.2 Å². The van der Waals surface area contributed by atoms with E-state index < -0.39 is 0 Å². The van der Waals surface area contributed by atoms with Gasteiger partial charge in [0.15, 0.2) is 9.03 Å². The molecule has 0 fully saturated rings. The molecule has 0 aromatic rings. The van der Waals surface area contributed by atoms with Gasteiger partial charge in [0.05, 0.1) is 12.2 Å². The Morgan fingerprint density at radius 2 is 1.11 bits per heavy atom. The zero-order valence-electron chi connectivity index (χ0n) is 13.5. The molecule has 2 unspecified atom stereocenters. The topological polar surface area (TPSA) is 18.5 Å². The van der Waals surface area contributed by atoms with E-state index >= 15 is 0 Å². The van der Waals surface area contributed by atoms with Gasteiger partial charge in [-0.15, -0.1) is 0 Å². The summed E-state index contributed by atoms with van der Waals surface area (Å²) in [5.74, 6) is 0. The van der Waals surface area contributed by atoms with Crippen LogP contribution in [0.1, 0.15) is 91.9 Å². The van der Waals surface area contributed by atoms with Crippen molar-refractivity contribution in [3.63, 3.8) is 0 Å². The average Bonchev–Trinajstić information content (AvgIpc) is 2.44. The van der Waals surface area contributed by atoms with Crippen LogP contribution < -0.4 is 0 Å². The van der Waals surface area contributed by atoms with E-state index in [2.05, 4.69) is 27.7 Å². The van der Waals surface area contributed by atoms with Crippen molar-refractivity contribution in [3.8, 4) is 0 Å². The second-order valence-corrected chi connectivity index (χ2v) is 6.01. The molecule has 0 saturated heterocycles. The maximum absolute atomic E-state index is 5.88. The minimum Gasteiger partial charge on any atom is -0.333 e. The highest BCUT2D eigenvalue weighted by molar-refractivity contribution is 7.26. The predicted molar refractivity (Wildman–Crippen MR) is 86.9 cm³/mol. The lowest BCUT2D eigenvalue weighted by Crippen LogP contribution is -2.10. The van der Waals surface area contributed by atoms with Crippen LogP contribution in [0.3, 0.4) is 0 Å². The third kappa shape index (κ3) is 11.8. The molecule has 0 rings (SSSR count). The van der Waals surface area contributed by atoms with Crippen LogP contribution in [0, 0.1) is 0 Å². The molecule has 0 N–H and O–H groups in total. The summed E-state index contributed by atoms with van der Waals surface area (Å²) < 4.78 is 11.8. The van der Waals surface area contributed by atoms with Gasteiger partial charge in [-0.3, -0.25) is 0 Å². The van der Waals surface area contributed by atoms with Crippen LogP contribution in [0.2, 0.25) is 0 Å². The first-order valence-electron chi connectivity index (χ1n) is 8.34. The Morgan fingerprint density at radius 3 is 1.42 bits per heavy atom. The van der Waals surface area contributed by atoms with E-state index in [-0.39, 0.29) is 9.03 Å². The van der Waals surface area contributed by atoms with E-state index in [1.165, 1.54) is 51.4 Å².